The van der Waals surface area contributed by atoms with Crippen LogP contribution in [-0.4, -0.2) is 19.0 Å². The van der Waals surface area contributed by atoms with E-state index in [-0.39, 0.29) is 5.91 Å². The Morgan fingerprint density at radius 1 is 1.09 bits per heavy atom. The molecule has 114 valence electrons. The van der Waals surface area contributed by atoms with E-state index in [1.165, 1.54) is 7.11 Å². The number of aryl methyl sites for hydroxylation is 1. The number of ether oxygens (including phenoxy) is 1. The van der Waals surface area contributed by atoms with Crippen molar-refractivity contribution in [1.29, 1.82) is 0 Å². The van der Waals surface area contributed by atoms with E-state index in [0.717, 1.165) is 5.56 Å². The second-order valence-electron chi connectivity index (χ2n) is 4.73. The van der Waals surface area contributed by atoms with E-state index in [1.54, 1.807) is 30.3 Å². The van der Waals surface area contributed by atoms with Crippen molar-refractivity contribution in [3.8, 4) is 5.75 Å². The molecule has 0 radical (unpaired) electrons. The molecule has 0 saturated carbocycles. The highest BCUT2D eigenvalue weighted by Crippen LogP contribution is 2.26. The molecule has 2 rings (SSSR count). The van der Waals surface area contributed by atoms with Gasteiger partial charge >= 0.3 is 6.03 Å². The van der Waals surface area contributed by atoms with E-state index in [4.69, 9.17) is 10.5 Å². The van der Waals surface area contributed by atoms with Gasteiger partial charge in [-0.2, -0.15) is 0 Å². The Balaban J connectivity index is 2.22. The smallest absolute Gasteiger partial charge is 0.316 e. The number of hydrogen-bond acceptors (Lipinski definition) is 3. The number of urea groups is 1. The van der Waals surface area contributed by atoms with Crippen molar-refractivity contribution in [2.75, 3.05) is 17.7 Å². The summed E-state index contributed by atoms with van der Waals surface area (Å²) < 4.78 is 5.23. The minimum atomic E-state index is -0.682. The molecule has 6 heteroatoms. The quantitative estimate of drug-likeness (QED) is 0.810. The van der Waals surface area contributed by atoms with Crippen molar-refractivity contribution < 1.29 is 14.3 Å². The summed E-state index contributed by atoms with van der Waals surface area (Å²) in [4.78, 5) is 23.2. The normalized spacial score (nSPS) is 9.91. The number of rotatable bonds is 4. The predicted octanol–water partition coefficient (Wildman–Crippen LogP) is 2.75. The van der Waals surface area contributed by atoms with Gasteiger partial charge in [0.05, 0.1) is 12.8 Å². The average Bonchev–Trinajstić information content (AvgIpc) is 2.47. The first-order chi connectivity index (χ1) is 10.5. The number of nitrogens with two attached hydrogens (primary N) is 1. The number of anilines is 2. The Morgan fingerprint density at radius 2 is 1.86 bits per heavy atom. The van der Waals surface area contributed by atoms with Crippen LogP contribution in [0.15, 0.2) is 42.5 Å². The van der Waals surface area contributed by atoms with Gasteiger partial charge in [-0.25, -0.2) is 4.79 Å². The number of benzene rings is 2. The third-order valence-corrected chi connectivity index (χ3v) is 3.00. The molecule has 0 heterocycles. The lowest BCUT2D eigenvalue weighted by Crippen LogP contribution is -2.20. The first kappa shape index (κ1) is 15.4. The van der Waals surface area contributed by atoms with Crippen LogP contribution < -0.4 is 21.1 Å². The first-order valence-corrected chi connectivity index (χ1v) is 6.62. The lowest BCUT2D eigenvalue weighted by molar-refractivity contribution is 0.102. The van der Waals surface area contributed by atoms with Crippen molar-refractivity contribution >= 4 is 23.3 Å². The maximum atomic E-state index is 12.3. The van der Waals surface area contributed by atoms with E-state index in [1.807, 2.05) is 19.1 Å². The van der Waals surface area contributed by atoms with Crippen molar-refractivity contribution in [3.05, 3.63) is 53.6 Å². The van der Waals surface area contributed by atoms with Gasteiger partial charge in [0.2, 0.25) is 0 Å². The summed E-state index contributed by atoms with van der Waals surface area (Å²) in [7, 11) is 1.54. The number of carbonyl (C=O) groups excluding carboxylic acids is 2. The second-order valence-corrected chi connectivity index (χ2v) is 4.73. The third kappa shape index (κ3) is 3.76. The van der Waals surface area contributed by atoms with Gasteiger partial charge in [-0.1, -0.05) is 12.1 Å². The second kappa shape index (κ2) is 6.62. The molecule has 0 fully saturated rings. The van der Waals surface area contributed by atoms with E-state index < -0.39 is 6.03 Å². The molecular formula is C16H17N3O3. The summed E-state index contributed by atoms with van der Waals surface area (Å²) in [5, 5.41) is 5.22. The highest BCUT2D eigenvalue weighted by atomic mass is 16.5. The molecule has 6 nitrogen and oxygen atoms in total. The van der Waals surface area contributed by atoms with E-state index in [9.17, 15) is 9.59 Å². The van der Waals surface area contributed by atoms with Gasteiger partial charge in [-0.05, 0) is 42.8 Å². The fraction of sp³-hybridized carbons (Fsp3) is 0.125. The van der Waals surface area contributed by atoms with Crippen LogP contribution in [0.2, 0.25) is 0 Å². The van der Waals surface area contributed by atoms with E-state index >= 15 is 0 Å². The summed E-state index contributed by atoms with van der Waals surface area (Å²) in [5.74, 6) is 0.266. The zero-order chi connectivity index (χ0) is 16.1. The van der Waals surface area contributed by atoms with Crippen LogP contribution in [0.1, 0.15) is 15.9 Å². The van der Waals surface area contributed by atoms with Crippen LogP contribution in [0.25, 0.3) is 0 Å². The lowest BCUT2D eigenvalue weighted by Gasteiger charge is -2.11. The molecular weight excluding hydrogens is 282 g/mol. The molecule has 0 aliphatic rings. The molecule has 2 aromatic carbocycles. The van der Waals surface area contributed by atoms with Crippen LogP contribution in [0.3, 0.4) is 0 Å². The van der Waals surface area contributed by atoms with Crippen LogP contribution in [-0.2, 0) is 0 Å². The summed E-state index contributed by atoms with van der Waals surface area (Å²) in [6.07, 6.45) is 0. The van der Waals surface area contributed by atoms with E-state index in [2.05, 4.69) is 10.6 Å². The topological polar surface area (TPSA) is 93.4 Å². The van der Waals surface area contributed by atoms with Crippen LogP contribution in [0, 0.1) is 6.92 Å². The summed E-state index contributed by atoms with van der Waals surface area (Å²) in [6, 6.07) is 11.3. The van der Waals surface area contributed by atoms with Crippen LogP contribution in [0.5, 0.6) is 5.75 Å². The fourth-order valence-electron chi connectivity index (χ4n) is 1.99. The molecule has 0 unspecified atom stereocenters. The third-order valence-electron chi connectivity index (χ3n) is 3.00. The molecule has 3 amide bonds. The summed E-state index contributed by atoms with van der Waals surface area (Å²) >= 11 is 0. The molecule has 0 bridgehead atoms. The van der Waals surface area contributed by atoms with Gasteiger partial charge in [0.1, 0.15) is 5.75 Å². The predicted molar refractivity (Wildman–Crippen MR) is 85.3 cm³/mol. The number of amides is 3. The minimum Gasteiger partial charge on any atom is -0.495 e. The monoisotopic (exact) mass is 299 g/mol. The Morgan fingerprint density at radius 3 is 2.55 bits per heavy atom. The minimum absolute atomic E-state index is 0.308. The zero-order valence-electron chi connectivity index (χ0n) is 12.3. The fourth-order valence-corrected chi connectivity index (χ4v) is 1.99. The average molecular weight is 299 g/mol. The molecule has 0 aliphatic heterocycles. The highest BCUT2D eigenvalue weighted by molar-refractivity contribution is 6.06. The van der Waals surface area contributed by atoms with Crippen molar-refractivity contribution in [2.45, 2.75) is 6.92 Å². The lowest BCUT2D eigenvalue weighted by atomic mass is 10.1. The molecule has 0 aliphatic carbocycles. The van der Waals surface area contributed by atoms with Gasteiger partial charge < -0.3 is 21.1 Å². The number of carbonyl (C=O) groups is 2. The Hall–Kier alpha value is -3.02. The molecule has 0 atom stereocenters. The van der Waals surface area contributed by atoms with Crippen LogP contribution in [0.4, 0.5) is 16.2 Å². The number of nitrogens with one attached hydrogen (secondary N) is 2. The van der Waals surface area contributed by atoms with Crippen molar-refractivity contribution in [2.24, 2.45) is 5.73 Å². The highest BCUT2D eigenvalue weighted by Gasteiger charge is 2.11. The number of methoxy groups -OCH3 is 1. The van der Waals surface area contributed by atoms with Crippen molar-refractivity contribution in [1.82, 2.24) is 0 Å². The summed E-state index contributed by atoms with van der Waals surface area (Å²) in [5.41, 5.74) is 7.50. The van der Waals surface area contributed by atoms with Gasteiger partial charge in [0, 0.05) is 11.3 Å². The Bertz CT molecular complexity index is 714. The molecule has 22 heavy (non-hydrogen) atoms. The zero-order valence-corrected chi connectivity index (χ0v) is 12.3. The maximum absolute atomic E-state index is 12.3. The SMILES string of the molecule is COc1ccc(C)cc1NC(=O)c1cccc(NC(N)=O)c1. The maximum Gasteiger partial charge on any atom is 0.316 e. The van der Waals surface area contributed by atoms with Gasteiger partial charge in [-0.3, -0.25) is 4.79 Å². The molecule has 0 aromatic heterocycles. The van der Waals surface area contributed by atoms with Gasteiger partial charge in [0.25, 0.3) is 5.91 Å². The number of primary amides is 1. The van der Waals surface area contributed by atoms with Crippen molar-refractivity contribution in [3.63, 3.8) is 0 Å². The molecule has 2 aromatic rings. The first-order valence-electron chi connectivity index (χ1n) is 6.62. The molecule has 4 N–H and O–H groups in total. The molecule has 0 saturated heterocycles. The Labute approximate surface area is 128 Å². The van der Waals surface area contributed by atoms with E-state index in [0.29, 0.717) is 22.7 Å². The largest absolute Gasteiger partial charge is 0.495 e. The summed E-state index contributed by atoms with van der Waals surface area (Å²) in [6.45, 7) is 1.92. The Kier molecular flexibility index (Phi) is 4.63. The van der Waals surface area contributed by atoms with Crippen LogP contribution >= 0.6 is 0 Å². The molecule has 0 spiro atoms. The standard InChI is InChI=1S/C16H17N3O3/c1-10-6-7-14(22-2)13(8-10)19-15(20)11-4-3-5-12(9-11)18-16(17)21/h3-9H,1-2H3,(H,19,20)(H3,17,18,21). The number of hydrogen-bond donors (Lipinski definition) is 3. The van der Waals surface area contributed by atoms with Gasteiger partial charge in [-0.15, -0.1) is 0 Å². The van der Waals surface area contributed by atoms with Gasteiger partial charge in [0.15, 0.2) is 0 Å².